The zero-order valence-electron chi connectivity index (χ0n) is 20.5. The van der Waals surface area contributed by atoms with E-state index in [2.05, 4.69) is 0 Å². The number of benzene rings is 2. The lowest BCUT2D eigenvalue weighted by Crippen LogP contribution is -2.39. The predicted molar refractivity (Wildman–Crippen MR) is 133 cm³/mol. The number of hydrogen-bond donors (Lipinski definition) is 0. The van der Waals surface area contributed by atoms with Crippen LogP contribution >= 0.6 is 0 Å². The van der Waals surface area contributed by atoms with Crippen LogP contribution in [0, 0.1) is 18.6 Å². The van der Waals surface area contributed by atoms with Crippen LogP contribution in [0.4, 0.5) is 8.78 Å². The van der Waals surface area contributed by atoms with Crippen molar-refractivity contribution in [2.75, 3.05) is 39.5 Å². The fraction of sp³-hybridized carbons (Fsp3) is 0.481. The molecular weight excluding hydrogens is 454 g/mol. The van der Waals surface area contributed by atoms with Crippen LogP contribution in [0.2, 0.25) is 0 Å². The van der Waals surface area contributed by atoms with E-state index in [-0.39, 0.29) is 17.4 Å². The maximum Gasteiger partial charge on any atom is 0.214 e. The first-order valence-electron chi connectivity index (χ1n) is 11.9. The lowest BCUT2D eigenvalue weighted by Gasteiger charge is -2.34. The van der Waals surface area contributed by atoms with Gasteiger partial charge in [-0.25, -0.2) is 21.5 Å². The molecule has 2 aliphatic rings. The van der Waals surface area contributed by atoms with Gasteiger partial charge in [-0.15, -0.1) is 0 Å². The fourth-order valence-corrected chi connectivity index (χ4v) is 7.07. The van der Waals surface area contributed by atoms with Gasteiger partial charge in [0.25, 0.3) is 0 Å². The minimum Gasteiger partial charge on any atom is -0.309 e. The minimum atomic E-state index is -3.32. The number of piperidine rings is 1. The van der Waals surface area contributed by atoms with Crippen LogP contribution in [0.5, 0.6) is 0 Å². The van der Waals surface area contributed by atoms with Gasteiger partial charge in [-0.2, -0.15) is 0 Å². The molecule has 1 aliphatic heterocycles. The monoisotopic (exact) mass is 488 g/mol. The molecule has 0 amide bonds. The molecule has 1 aliphatic carbocycles. The van der Waals surface area contributed by atoms with Crippen LogP contribution in [0.1, 0.15) is 48.4 Å². The average molecular weight is 489 g/mol. The van der Waals surface area contributed by atoms with Crippen molar-refractivity contribution in [3.05, 3.63) is 75.9 Å². The van der Waals surface area contributed by atoms with Gasteiger partial charge in [-0.3, -0.25) is 0 Å². The smallest absolute Gasteiger partial charge is 0.214 e. The number of sulfonamides is 1. The van der Waals surface area contributed by atoms with Gasteiger partial charge in [0.05, 0.1) is 5.75 Å². The summed E-state index contributed by atoms with van der Waals surface area (Å²) in [5.74, 6) is -0.386. The first-order chi connectivity index (χ1) is 16.0. The molecule has 2 aromatic carbocycles. The Morgan fingerprint density at radius 1 is 1.06 bits per heavy atom. The summed E-state index contributed by atoms with van der Waals surface area (Å²) in [5.41, 5.74) is 3.98. The standard InChI is InChI=1S/C27H34F2N2O2S/c1-19-10-11-21-22(26(19)29)18-27(2,23-8-5-6-9-24(23)28)25(21)20-12-15-31(16-13-20)34(32,33)17-7-14-30(3)4/h5-6,8-11H,7,12-18H2,1-4H3. The van der Waals surface area contributed by atoms with E-state index in [9.17, 15) is 8.42 Å². The largest absolute Gasteiger partial charge is 0.309 e. The molecule has 4 rings (SSSR count). The SMILES string of the molecule is Cc1ccc2c(c1F)CC(C)(c1ccccc1F)C2=C1CCN(S(=O)(=O)CCCN(C)C)CC1. The third-order valence-electron chi connectivity index (χ3n) is 7.34. The highest BCUT2D eigenvalue weighted by Crippen LogP contribution is 2.52. The van der Waals surface area contributed by atoms with E-state index in [4.69, 9.17) is 0 Å². The summed E-state index contributed by atoms with van der Waals surface area (Å²) < 4.78 is 57.5. The van der Waals surface area contributed by atoms with E-state index in [1.807, 2.05) is 38.1 Å². The highest BCUT2D eigenvalue weighted by atomic mass is 32.2. The second kappa shape index (κ2) is 9.51. The molecule has 34 heavy (non-hydrogen) atoms. The molecule has 7 heteroatoms. The summed E-state index contributed by atoms with van der Waals surface area (Å²) in [6, 6.07) is 10.5. The average Bonchev–Trinajstić information content (AvgIpc) is 3.10. The number of halogens is 2. The molecule has 1 unspecified atom stereocenters. The zero-order chi connectivity index (χ0) is 24.7. The van der Waals surface area contributed by atoms with Gasteiger partial charge in [-0.05, 0) is 87.1 Å². The topological polar surface area (TPSA) is 40.6 Å². The van der Waals surface area contributed by atoms with E-state index in [1.165, 1.54) is 6.07 Å². The molecule has 4 nitrogen and oxygen atoms in total. The first kappa shape index (κ1) is 25.0. The molecule has 1 fully saturated rings. The first-order valence-corrected chi connectivity index (χ1v) is 13.5. The molecule has 0 spiro atoms. The summed E-state index contributed by atoms with van der Waals surface area (Å²) in [6.07, 6.45) is 2.13. The van der Waals surface area contributed by atoms with Crippen LogP contribution < -0.4 is 0 Å². The van der Waals surface area contributed by atoms with Crippen LogP contribution in [-0.4, -0.2) is 57.1 Å². The fourth-order valence-electron chi connectivity index (χ4n) is 5.58. The van der Waals surface area contributed by atoms with E-state index in [1.54, 1.807) is 29.4 Å². The van der Waals surface area contributed by atoms with E-state index in [0.717, 1.165) is 23.3 Å². The molecule has 184 valence electrons. The molecule has 1 heterocycles. The van der Waals surface area contributed by atoms with E-state index in [0.29, 0.717) is 55.5 Å². The van der Waals surface area contributed by atoms with E-state index < -0.39 is 15.4 Å². The third-order valence-corrected chi connectivity index (χ3v) is 9.29. The lowest BCUT2D eigenvalue weighted by atomic mass is 9.73. The van der Waals surface area contributed by atoms with Crippen molar-refractivity contribution >= 4 is 15.6 Å². The van der Waals surface area contributed by atoms with Crippen molar-refractivity contribution in [2.45, 2.75) is 44.9 Å². The minimum absolute atomic E-state index is 0.136. The molecule has 1 atom stereocenters. The maximum absolute atomic E-state index is 15.2. The van der Waals surface area contributed by atoms with Crippen LogP contribution in [0.25, 0.3) is 5.57 Å². The van der Waals surface area contributed by atoms with Gasteiger partial charge in [0.2, 0.25) is 10.0 Å². The Morgan fingerprint density at radius 3 is 2.38 bits per heavy atom. The van der Waals surface area contributed by atoms with Crippen molar-refractivity contribution in [3.63, 3.8) is 0 Å². The molecule has 2 aromatic rings. The number of nitrogens with zero attached hydrogens (tertiary/aromatic N) is 2. The highest BCUT2D eigenvalue weighted by Gasteiger charge is 2.44. The Bertz CT molecular complexity index is 1210. The van der Waals surface area contributed by atoms with Gasteiger partial charge >= 0.3 is 0 Å². The van der Waals surface area contributed by atoms with Crippen LogP contribution in [0.3, 0.4) is 0 Å². The zero-order valence-corrected chi connectivity index (χ0v) is 21.3. The van der Waals surface area contributed by atoms with Crippen molar-refractivity contribution in [3.8, 4) is 0 Å². The summed E-state index contributed by atoms with van der Waals surface area (Å²) in [5, 5.41) is 0. The molecule has 0 bridgehead atoms. The Hall–Kier alpha value is -2.09. The Kier molecular flexibility index (Phi) is 7.00. The third kappa shape index (κ3) is 4.58. The van der Waals surface area contributed by atoms with E-state index >= 15 is 8.78 Å². The summed E-state index contributed by atoms with van der Waals surface area (Å²) >= 11 is 0. The normalized spacial score (nSPS) is 21.4. The predicted octanol–water partition coefficient (Wildman–Crippen LogP) is 4.92. The quantitative estimate of drug-likeness (QED) is 0.580. The number of allylic oxidation sites excluding steroid dienone is 1. The van der Waals surface area contributed by atoms with Crippen molar-refractivity contribution in [1.29, 1.82) is 0 Å². The lowest BCUT2D eigenvalue weighted by molar-refractivity contribution is 0.378. The number of hydrogen-bond acceptors (Lipinski definition) is 3. The van der Waals surface area contributed by atoms with Gasteiger partial charge in [-0.1, -0.05) is 42.8 Å². The Balaban J connectivity index is 1.69. The van der Waals surface area contributed by atoms with Crippen molar-refractivity contribution in [1.82, 2.24) is 9.21 Å². The molecule has 1 saturated heterocycles. The van der Waals surface area contributed by atoms with Crippen molar-refractivity contribution < 1.29 is 17.2 Å². The molecule has 0 radical (unpaired) electrons. The Morgan fingerprint density at radius 2 is 1.74 bits per heavy atom. The van der Waals surface area contributed by atoms with Gasteiger partial charge in [0.15, 0.2) is 0 Å². The number of rotatable bonds is 6. The second-order valence-corrected chi connectivity index (χ2v) is 12.2. The molecule has 0 N–H and O–H groups in total. The molecular formula is C27H34F2N2O2S. The van der Waals surface area contributed by atoms with Gasteiger partial charge in [0, 0.05) is 18.5 Å². The second-order valence-electron chi connectivity index (χ2n) is 10.1. The van der Waals surface area contributed by atoms with Crippen molar-refractivity contribution in [2.24, 2.45) is 0 Å². The summed E-state index contributed by atoms with van der Waals surface area (Å²) in [7, 11) is 0.543. The highest BCUT2D eigenvalue weighted by molar-refractivity contribution is 7.89. The van der Waals surface area contributed by atoms with Crippen LogP contribution in [-0.2, 0) is 21.9 Å². The number of aryl methyl sites for hydroxylation is 1. The molecule has 0 saturated carbocycles. The summed E-state index contributed by atoms with van der Waals surface area (Å²) in [4.78, 5) is 1.98. The van der Waals surface area contributed by atoms with Gasteiger partial charge in [0.1, 0.15) is 11.6 Å². The Labute approximate surface area is 202 Å². The maximum atomic E-state index is 15.2. The number of fused-ring (bicyclic) bond motifs is 1. The summed E-state index contributed by atoms with van der Waals surface area (Å²) in [6.45, 7) is 5.28. The molecule has 0 aromatic heterocycles. The van der Waals surface area contributed by atoms with Gasteiger partial charge < -0.3 is 4.90 Å². The van der Waals surface area contributed by atoms with Crippen LogP contribution in [0.15, 0.2) is 42.0 Å².